The summed E-state index contributed by atoms with van der Waals surface area (Å²) in [7, 11) is 0. The molecule has 0 saturated heterocycles. The van der Waals surface area contributed by atoms with Crippen molar-refractivity contribution >= 4 is 0 Å². The molecular weight excluding hydrogens is 270 g/mol. The smallest absolute Gasteiger partial charge is 0.101 e. The van der Waals surface area contributed by atoms with Crippen LogP contribution in [0.2, 0.25) is 0 Å². The van der Waals surface area contributed by atoms with Gasteiger partial charge in [-0.3, -0.25) is 4.98 Å². The van der Waals surface area contributed by atoms with Crippen molar-refractivity contribution in [2.24, 2.45) is 0 Å². The summed E-state index contributed by atoms with van der Waals surface area (Å²) in [6.45, 7) is 0. The molecule has 3 rings (SSSR count). The molecule has 0 unspecified atom stereocenters. The van der Waals surface area contributed by atoms with Gasteiger partial charge in [0.1, 0.15) is 6.07 Å². The molecule has 0 amide bonds. The van der Waals surface area contributed by atoms with Crippen molar-refractivity contribution in [3.05, 3.63) is 78.0 Å². The van der Waals surface area contributed by atoms with Crippen LogP contribution in [0.5, 0.6) is 0 Å². The van der Waals surface area contributed by atoms with Gasteiger partial charge in [0.05, 0.1) is 22.9 Å². The Morgan fingerprint density at radius 3 is 1.59 bits per heavy atom. The number of aromatic nitrogens is 1. The van der Waals surface area contributed by atoms with Crippen LogP contribution in [-0.4, -0.2) is 4.98 Å². The van der Waals surface area contributed by atoms with Crippen LogP contribution in [0.3, 0.4) is 0 Å². The van der Waals surface area contributed by atoms with E-state index in [0.29, 0.717) is 11.1 Å². The zero-order valence-electron chi connectivity index (χ0n) is 11.7. The van der Waals surface area contributed by atoms with Crippen LogP contribution in [0.25, 0.3) is 22.4 Å². The van der Waals surface area contributed by atoms with Crippen molar-refractivity contribution in [1.82, 2.24) is 4.98 Å². The third-order valence-corrected chi connectivity index (χ3v) is 3.42. The fourth-order valence-electron chi connectivity index (χ4n) is 2.20. The van der Waals surface area contributed by atoms with Crippen molar-refractivity contribution in [2.45, 2.75) is 0 Å². The lowest BCUT2D eigenvalue weighted by molar-refractivity contribution is 1.30. The number of hydrogen-bond donors (Lipinski definition) is 0. The zero-order valence-corrected chi connectivity index (χ0v) is 11.7. The first-order valence-electron chi connectivity index (χ1n) is 6.77. The molecule has 1 aromatic heterocycles. The van der Waals surface area contributed by atoms with Crippen LogP contribution in [0, 0.1) is 22.7 Å². The van der Waals surface area contributed by atoms with E-state index in [1.54, 1.807) is 12.3 Å². The van der Waals surface area contributed by atoms with Gasteiger partial charge in [0.2, 0.25) is 0 Å². The molecule has 0 aliphatic heterocycles. The molecule has 3 heteroatoms. The first-order valence-corrected chi connectivity index (χ1v) is 6.77. The zero-order chi connectivity index (χ0) is 15.4. The lowest BCUT2D eigenvalue weighted by Crippen LogP contribution is -1.85. The van der Waals surface area contributed by atoms with Gasteiger partial charge < -0.3 is 0 Å². The van der Waals surface area contributed by atoms with Crippen molar-refractivity contribution in [3.63, 3.8) is 0 Å². The van der Waals surface area contributed by atoms with Crippen molar-refractivity contribution in [2.75, 3.05) is 0 Å². The summed E-state index contributed by atoms with van der Waals surface area (Å²) in [6, 6.07) is 23.3. The fourth-order valence-corrected chi connectivity index (χ4v) is 2.20. The Hall–Kier alpha value is -3.43. The Balaban J connectivity index is 1.88. The largest absolute Gasteiger partial charge is 0.255 e. The second kappa shape index (κ2) is 5.91. The quantitative estimate of drug-likeness (QED) is 0.708. The van der Waals surface area contributed by atoms with E-state index in [1.165, 1.54) is 0 Å². The first-order chi connectivity index (χ1) is 10.8. The fraction of sp³-hybridized carbons (Fsp3) is 0. The molecule has 0 bridgehead atoms. The molecule has 0 fully saturated rings. The van der Waals surface area contributed by atoms with Gasteiger partial charge in [-0.2, -0.15) is 10.5 Å². The molecule has 0 aliphatic rings. The molecule has 3 aromatic rings. The monoisotopic (exact) mass is 281 g/mol. The van der Waals surface area contributed by atoms with E-state index in [9.17, 15) is 0 Å². The van der Waals surface area contributed by atoms with Gasteiger partial charge in [-0.25, -0.2) is 0 Å². The number of hydrogen-bond acceptors (Lipinski definition) is 3. The van der Waals surface area contributed by atoms with Crippen LogP contribution in [0.15, 0.2) is 66.9 Å². The molecule has 22 heavy (non-hydrogen) atoms. The maximum atomic E-state index is 8.82. The number of nitriles is 2. The van der Waals surface area contributed by atoms with E-state index in [2.05, 4.69) is 17.1 Å². The average Bonchev–Trinajstić information content (AvgIpc) is 2.62. The third kappa shape index (κ3) is 2.70. The Morgan fingerprint density at radius 1 is 0.591 bits per heavy atom. The lowest BCUT2D eigenvalue weighted by atomic mass is 10.0. The summed E-state index contributed by atoms with van der Waals surface area (Å²) in [6.07, 6.45) is 1.57. The normalized spacial score (nSPS) is 9.73. The van der Waals surface area contributed by atoms with Crippen molar-refractivity contribution < 1.29 is 0 Å². The predicted octanol–water partition coefficient (Wildman–Crippen LogP) is 4.16. The van der Waals surface area contributed by atoms with Gasteiger partial charge in [-0.1, -0.05) is 36.4 Å². The summed E-state index contributed by atoms with van der Waals surface area (Å²) in [5.74, 6) is 0. The second-order valence-electron chi connectivity index (χ2n) is 4.81. The van der Waals surface area contributed by atoms with Crippen LogP contribution >= 0.6 is 0 Å². The number of benzene rings is 2. The maximum Gasteiger partial charge on any atom is 0.101 e. The predicted molar refractivity (Wildman–Crippen MR) is 84.5 cm³/mol. The van der Waals surface area contributed by atoms with E-state index in [4.69, 9.17) is 10.5 Å². The Kier molecular flexibility index (Phi) is 3.64. The van der Waals surface area contributed by atoms with Crippen LogP contribution in [0.4, 0.5) is 0 Å². The summed E-state index contributed by atoms with van der Waals surface area (Å²) >= 11 is 0. The number of rotatable bonds is 2. The minimum atomic E-state index is 0.554. The van der Waals surface area contributed by atoms with E-state index in [1.807, 2.05) is 54.6 Å². The number of pyridine rings is 1. The molecule has 0 saturated carbocycles. The van der Waals surface area contributed by atoms with Gasteiger partial charge in [-0.05, 0) is 35.4 Å². The summed E-state index contributed by atoms with van der Waals surface area (Å²) in [4.78, 5) is 4.29. The molecule has 0 spiro atoms. The highest BCUT2D eigenvalue weighted by molar-refractivity contribution is 5.69. The standard InChI is InChI=1S/C19H11N3/c20-11-14-1-4-16(5-2-14)17-6-8-18(9-7-17)19-10-3-15(12-21)13-22-19/h1-10,13H. The molecule has 0 N–H and O–H groups in total. The minimum Gasteiger partial charge on any atom is -0.255 e. The molecule has 0 atom stereocenters. The van der Waals surface area contributed by atoms with Crippen LogP contribution in [-0.2, 0) is 0 Å². The van der Waals surface area contributed by atoms with Gasteiger partial charge >= 0.3 is 0 Å². The van der Waals surface area contributed by atoms with Crippen LogP contribution in [0.1, 0.15) is 11.1 Å². The molecule has 1 heterocycles. The van der Waals surface area contributed by atoms with E-state index in [0.717, 1.165) is 22.4 Å². The summed E-state index contributed by atoms with van der Waals surface area (Å²) in [5, 5.41) is 17.6. The van der Waals surface area contributed by atoms with Crippen LogP contribution < -0.4 is 0 Å². The topological polar surface area (TPSA) is 60.5 Å². The summed E-state index contributed by atoms with van der Waals surface area (Å²) in [5.41, 5.74) is 5.20. The maximum absolute atomic E-state index is 8.82. The molecule has 102 valence electrons. The Labute approximate surface area is 128 Å². The van der Waals surface area contributed by atoms with E-state index < -0.39 is 0 Å². The highest BCUT2D eigenvalue weighted by Crippen LogP contribution is 2.24. The first kappa shape index (κ1) is 13.5. The van der Waals surface area contributed by atoms with Gasteiger partial charge in [0, 0.05) is 11.8 Å². The van der Waals surface area contributed by atoms with Gasteiger partial charge in [0.25, 0.3) is 0 Å². The molecular formula is C19H11N3. The molecule has 0 radical (unpaired) electrons. The Bertz CT molecular complexity index is 786. The molecule has 2 aromatic carbocycles. The molecule has 3 nitrogen and oxygen atoms in total. The van der Waals surface area contributed by atoms with Crippen molar-refractivity contribution in [1.29, 1.82) is 10.5 Å². The van der Waals surface area contributed by atoms with Gasteiger partial charge in [0.15, 0.2) is 0 Å². The summed E-state index contributed by atoms with van der Waals surface area (Å²) < 4.78 is 0. The second-order valence-corrected chi connectivity index (χ2v) is 4.81. The lowest BCUT2D eigenvalue weighted by Gasteiger charge is -2.04. The third-order valence-electron chi connectivity index (χ3n) is 3.42. The highest BCUT2D eigenvalue weighted by Gasteiger charge is 2.02. The SMILES string of the molecule is N#Cc1ccc(-c2ccc(-c3ccc(C#N)cn3)cc2)cc1. The number of nitrogens with zero attached hydrogens (tertiary/aromatic N) is 3. The van der Waals surface area contributed by atoms with Gasteiger partial charge in [-0.15, -0.1) is 0 Å². The van der Waals surface area contributed by atoms with Crippen molar-refractivity contribution in [3.8, 4) is 34.5 Å². The van der Waals surface area contributed by atoms with E-state index >= 15 is 0 Å². The molecule has 0 aliphatic carbocycles. The highest BCUT2D eigenvalue weighted by atomic mass is 14.7. The Morgan fingerprint density at radius 2 is 1.09 bits per heavy atom. The average molecular weight is 281 g/mol. The van der Waals surface area contributed by atoms with E-state index in [-0.39, 0.29) is 0 Å². The minimum absolute atomic E-state index is 0.554.